The van der Waals surface area contributed by atoms with Crippen LogP contribution in [0.15, 0.2) is 42.5 Å². The molecule has 0 saturated carbocycles. The average Bonchev–Trinajstić information content (AvgIpc) is 2.91. The van der Waals surface area contributed by atoms with Crippen molar-refractivity contribution in [3.8, 4) is 0 Å². The first-order valence-corrected chi connectivity index (χ1v) is 13.7. The molecule has 0 aromatic heterocycles. The second-order valence-corrected chi connectivity index (χ2v) is 13.2. The fraction of sp³-hybridized carbons (Fsp3) is 0.438. The average molecular weight is 511 g/mol. The Morgan fingerprint density at radius 1 is 0.853 bits per heavy atom. The van der Waals surface area contributed by atoms with Crippen molar-refractivity contribution in [1.29, 1.82) is 0 Å². The molecule has 0 spiro atoms. The smallest absolute Gasteiger partial charge is 0.358 e. The molecule has 2 heteroatoms. The number of allylic oxidation sites excluding steroid dienone is 4. The van der Waals surface area contributed by atoms with Gasteiger partial charge in [-0.05, 0) is 47.8 Å². The van der Waals surface area contributed by atoms with E-state index in [-0.39, 0.29) is 49.0 Å². The van der Waals surface area contributed by atoms with E-state index in [1.165, 1.54) is 35.1 Å². The maximum absolute atomic E-state index is 2.60. The second-order valence-electron chi connectivity index (χ2n) is 9.96. The summed E-state index contributed by atoms with van der Waals surface area (Å²) in [5, 5.41) is 3.65. The minimum Gasteiger partial charge on any atom is -0.358 e. The Labute approximate surface area is 230 Å². The summed E-state index contributed by atoms with van der Waals surface area (Å²) >= 11 is 0. The molecule has 0 heterocycles. The van der Waals surface area contributed by atoms with Crippen molar-refractivity contribution in [1.82, 2.24) is 0 Å². The van der Waals surface area contributed by atoms with Gasteiger partial charge in [-0.1, -0.05) is 103 Å². The van der Waals surface area contributed by atoms with Gasteiger partial charge in [0.1, 0.15) is 0 Å². The normalized spacial score (nSPS) is 17.3. The summed E-state index contributed by atoms with van der Waals surface area (Å²) in [6.07, 6.45) is 14.3. The molecule has 1 aliphatic carbocycles. The third-order valence-corrected chi connectivity index (χ3v) is 11.8. The quantitative estimate of drug-likeness (QED) is 0.264. The van der Waals surface area contributed by atoms with Crippen LogP contribution in [0.3, 0.4) is 0 Å². The molecule has 2 unspecified atom stereocenters. The van der Waals surface area contributed by atoms with Gasteiger partial charge in [0.05, 0.1) is 8.80 Å². The van der Waals surface area contributed by atoms with Crippen LogP contribution in [-0.2, 0) is 34.6 Å². The van der Waals surface area contributed by atoms with Crippen LogP contribution in [0, 0.1) is 55.9 Å². The molecule has 0 bridgehead atoms. The van der Waals surface area contributed by atoms with E-state index in [0.717, 1.165) is 12.8 Å². The Balaban J connectivity index is 0. The van der Waals surface area contributed by atoms with Gasteiger partial charge in [-0.15, -0.1) is 0 Å². The fourth-order valence-corrected chi connectivity index (χ4v) is 10.8. The molecule has 0 radical (unpaired) electrons. The van der Waals surface area contributed by atoms with Crippen molar-refractivity contribution in [2.24, 2.45) is 5.92 Å². The molecule has 2 aromatic carbocycles. The molecular formula is C32H50SiTi. The van der Waals surface area contributed by atoms with Gasteiger partial charge in [-0.3, -0.25) is 0 Å². The zero-order chi connectivity index (χ0) is 22.1. The first-order valence-electron chi connectivity index (χ1n) is 11.9. The van der Waals surface area contributed by atoms with Gasteiger partial charge in [0.25, 0.3) is 0 Å². The standard InChI is InChI=1S/C29H41Si.3CH3.Ti/c1-9-25-16-26(10-2)18-27(17-25)30(28-23(7)21(5)22(6)24(28)8)29(19-20(3)4)14-12-11-13-15-29;;;;/h11-14,16-18,20,30H,9-10,15,19H2,1-8H3;3*1H3;/q4*-1;+4. The summed E-state index contributed by atoms with van der Waals surface area (Å²) in [5.74, 6) is 0.689. The van der Waals surface area contributed by atoms with E-state index in [2.05, 4.69) is 97.9 Å². The van der Waals surface area contributed by atoms with Gasteiger partial charge < -0.3 is 22.3 Å². The maximum Gasteiger partial charge on any atom is 4.00 e. The fourth-order valence-electron chi connectivity index (χ4n) is 5.76. The molecule has 186 valence electrons. The van der Waals surface area contributed by atoms with Crippen molar-refractivity contribution in [3.05, 3.63) is 98.2 Å². The number of rotatable bonds is 7. The third-order valence-electron chi connectivity index (χ3n) is 7.55. The number of hydrogen-bond acceptors (Lipinski definition) is 0. The van der Waals surface area contributed by atoms with E-state index >= 15 is 0 Å². The monoisotopic (exact) mass is 510 g/mol. The largest absolute Gasteiger partial charge is 4.00 e. The number of aryl methyl sites for hydroxylation is 2. The van der Waals surface area contributed by atoms with E-state index < -0.39 is 8.80 Å². The Kier molecular flexibility index (Phi) is 15.0. The minimum absolute atomic E-state index is 0. The van der Waals surface area contributed by atoms with Gasteiger partial charge >= 0.3 is 21.7 Å². The van der Waals surface area contributed by atoms with Crippen LogP contribution in [0.4, 0.5) is 0 Å². The van der Waals surface area contributed by atoms with Gasteiger partial charge in [0, 0.05) is 0 Å². The van der Waals surface area contributed by atoms with Crippen LogP contribution in [-0.4, -0.2) is 8.80 Å². The van der Waals surface area contributed by atoms with E-state index in [4.69, 9.17) is 0 Å². The van der Waals surface area contributed by atoms with Crippen molar-refractivity contribution >= 4 is 19.2 Å². The van der Waals surface area contributed by atoms with E-state index in [1.807, 2.05) is 0 Å². The third kappa shape index (κ3) is 6.80. The SMILES string of the molecule is CCc1cc(CC)cc([SiH]([c-]2c(C)c(C)c(C)c2C)C2(CC(C)C)C=CC=CC2)c1.[CH3-].[CH3-].[CH3-].[Ti+4]. The van der Waals surface area contributed by atoms with Crippen molar-refractivity contribution < 1.29 is 21.7 Å². The summed E-state index contributed by atoms with van der Waals surface area (Å²) in [6.45, 7) is 18.9. The molecule has 0 amide bonds. The minimum atomic E-state index is -1.53. The van der Waals surface area contributed by atoms with Gasteiger partial charge in [0.15, 0.2) is 0 Å². The van der Waals surface area contributed by atoms with E-state index in [9.17, 15) is 0 Å². The van der Waals surface area contributed by atoms with Crippen LogP contribution in [0.1, 0.15) is 73.9 Å². The molecular weight excluding hydrogens is 460 g/mol. The molecule has 2 aromatic rings. The zero-order valence-electron chi connectivity index (χ0n) is 24.0. The summed E-state index contributed by atoms with van der Waals surface area (Å²) < 4.78 is 0. The van der Waals surface area contributed by atoms with Crippen LogP contribution in [0.2, 0.25) is 5.04 Å². The summed E-state index contributed by atoms with van der Waals surface area (Å²) in [6, 6.07) is 7.57. The van der Waals surface area contributed by atoms with Gasteiger partial charge in [0.2, 0.25) is 0 Å². The summed E-state index contributed by atoms with van der Waals surface area (Å²) in [5.41, 5.74) is 9.16. The molecule has 0 aliphatic heterocycles. The Morgan fingerprint density at radius 3 is 1.74 bits per heavy atom. The number of benzene rings is 1. The van der Waals surface area contributed by atoms with Crippen LogP contribution < -0.4 is 10.4 Å². The molecule has 0 N–H and O–H groups in total. The molecule has 1 aliphatic rings. The van der Waals surface area contributed by atoms with Crippen molar-refractivity contribution in [2.45, 2.75) is 86.1 Å². The molecule has 0 saturated heterocycles. The topological polar surface area (TPSA) is 0 Å². The molecule has 34 heavy (non-hydrogen) atoms. The Morgan fingerprint density at radius 2 is 1.35 bits per heavy atom. The van der Waals surface area contributed by atoms with Crippen LogP contribution in [0.5, 0.6) is 0 Å². The van der Waals surface area contributed by atoms with E-state index in [0.29, 0.717) is 5.92 Å². The zero-order valence-corrected chi connectivity index (χ0v) is 26.7. The van der Waals surface area contributed by atoms with Crippen LogP contribution >= 0.6 is 0 Å². The predicted molar refractivity (Wildman–Crippen MR) is 157 cm³/mol. The van der Waals surface area contributed by atoms with Gasteiger partial charge in [-0.25, -0.2) is 0 Å². The molecule has 0 nitrogen and oxygen atoms in total. The Hall–Kier alpha value is -1.02. The summed E-state index contributed by atoms with van der Waals surface area (Å²) in [4.78, 5) is 0. The van der Waals surface area contributed by atoms with Crippen molar-refractivity contribution in [2.75, 3.05) is 0 Å². The second kappa shape index (κ2) is 14.5. The first kappa shape index (κ1) is 35.1. The first-order chi connectivity index (χ1) is 14.2. The Bertz CT molecular complexity index is 912. The van der Waals surface area contributed by atoms with Crippen LogP contribution in [0.25, 0.3) is 0 Å². The molecule has 0 fully saturated rings. The van der Waals surface area contributed by atoms with E-state index in [1.54, 1.807) is 21.5 Å². The maximum atomic E-state index is 2.60. The van der Waals surface area contributed by atoms with Gasteiger partial charge in [-0.2, -0.15) is 27.4 Å². The molecule has 2 atom stereocenters. The molecule has 3 rings (SSSR count). The summed E-state index contributed by atoms with van der Waals surface area (Å²) in [7, 11) is -1.53. The predicted octanol–water partition coefficient (Wildman–Crippen LogP) is 7.76. The van der Waals surface area contributed by atoms with Crippen molar-refractivity contribution in [3.63, 3.8) is 0 Å². The number of hydrogen-bond donors (Lipinski definition) is 0.